The largest absolute Gasteiger partial charge is 0.309 e. The van der Waals surface area contributed by atoms with Gasteiger partial charge in [0.05, 0.1) is 11.7 Å². The number of aryl methyl sites for hydroxylation is 1. The maximum Gasteiger partial charge on any atom is 0.0715 e. The van der Waals surface area contributed by atoms with Crippen molar-refractivity contribution in [3.63, 3.8) is 0 Å². The second-order valence-electron chi connectivity index (χ2n) is 5.01. The average Bonchev–Trinajstić information content (AvgIpc) is 2.48. The molecule has 0 aliphatic rings. The van der Waals surface area contributed by atoms with Gasteiger partial charge in [-0.15, -0.1) is 0 Å². The molecule has 4 heteroatoms. The molecule has 0 amide bonds. The second kappa shape index (κ2) is 8.66. The van der Waals surface area contributed by atoms with Crippen molar-refractivity contribution in [2.45, 2.75) is 32.2 Å². The highest BCUT2D eigenvalue weighted by Crippen LogP contribution is 2.27. The quantitative estimate of drug-likeness (QED) is 0.670. The average molecular weight is 412 g/mol. The molecule has 112 valence electrons. The minimum absolute atomic E-state index is 0.293. The predicted molar refractivity (Wildman–Crippen MR) is 95.4 cm³/mol. The number of nitrogens with zero attached hydrogens (tertiary/aromatic N) is 1. The van der Waals surface area contributed by atoms with Gasteiger partial charge in [0.15, 0.2) is 0 Å². The lowest BCUT2D eigenvalue weighted by molar-refractivity contribution is 0.485. The van der Waals surface area contributed by atoms with Crippen LogP contribution in [-0.4, -0.2) is 11.5 Å². The zero-order chi connectivity index (χ0) is 15.1. The molecule has 1 aromatic carbocycles. The van der Waals surface area contributed by atoms with E-state index in [4.69, 9.17) is 0 Å². The van der Waals surface area contributed by atoms with Gasteiger partial charge in [-0.3, -0.25) is 4.98 Å². The van der Waals surface area contributed by atoms with Crippen molar-refractivity contribution in [2.75, 3.05) is 6.54 Å². The summed E-state index contributed by atoms with van der Waals surface area (Å²) in [6, 6.07) is 13.0. The van der Waals surface area contributed by atoms with Crippen molar-refractivity contribution in [3.8, 4) is 0 Å². The Bertz CT molecular complexity index is 558. The monoisotopic (exact) mass is 410 g/mol. The van der Waals surface area contributed by atoms with Crippen LogP contribution in [-0.2, 0) is 6.42 Å². The molecular formula is C17H20Br2N2. The van der Waals surface area contributed by atoms with Crippen LogP contribution in [0.5, 0.6) is 0 Å². The molecule has 0 saturated heterocycles. The third kappa shape index (κ3) is 5.20. The Balaban J connectivity index is 1.98. The Morgan fingerprint density at radius 2 is 1.95 bits per heavy atom. The second-order valence-corrected chi connectivity index (χ2v) is 6.78. The van der Waals surface area contributed by atoms with Crippen molar-refractivity contribution in [1.82, 2.24) is 10.3 Å². The Labute approximate surface area is 143 Å². The lowest BCUT2D eigenvalue weighted by Crippen LogP contribution is -2.22. The van der Waals surface area contributed by atoms with Crippen molar-refractivity contribution >= 4 is 31.9 Å². The van der Waals surface area contributed by atoms with Gasteiger partial charge in [-0.1, -0.05) is 37.3 Å². The van der Waals surface area contributed by atoms with Gasteiger partial charge in [-0.05, 0) is 69.3 Å². The maximum absolute atomic E-state index is 4.57. The first-order chi connectivity index (χ1) is 10.2. The van der Waals surface area contributed by atoms with E-state index in [9.17, 15) is 0 Å². The molecule has 2 aromatic rings. The SMILES string of the molecule is CCNC(CCCc1ccccc1)c1ncc(Br)cc1Br. The van der Waals surface area contributed by atoms with Gasteiger partial charge in [0, 0.05) is 15.1 Å². The van der Waals surface area contributed by atoms with Crippen LogP contribution >= 0.6 is 31.9 Å². The molecule has 0 saturated carbocycles. The summed E-state index contributed by atoms with van der Waals surface area (Å²) in [5.41, 5.74) is 2.49. The molecule has 1 unspecified atom stereocenters. The summed E-state index contributed by atoms with van der Waals surface area (Å²) in [5.74, 6) is 0. The summed E-state index contributed by atoms with van der Waals surface area (Å²) >= 11 is 7.08. The van der Waals surface area contributed by atoms with Gasteiger partial charge in [-0.25, -0.2) is 0 Å². The number of rotatable bonds is 7. The van der Waals surface area contributed by atoms with Gasteiger partial charge in [0.1, 0.15) is 0 Å². The molecular weight excluding hydrogens is 392 g/mol. The van der Waals surface area contributed by atoms with Gasteiger partial charge in [-0.2, -0.15) is 0 Å². The number of pyridine rings is 1. The van der Waals surface area contributed by atoms with Crippen molar-refractivity contribution in [1.29, 1.82) is 0 Å². The molecule has 0 radical (unpaired) electrons. The Morgan fingerprint density at radius 3 is 2.62 bits per heavy atom. The topological polar surface area (TPSA) is 24.9 Å². The highest BCUT2D eigenvalue weighted by atomic mass is 79.9. The van der Waals surface area contributed by atoms with Crippen LogP contribution in [0.4, 0.5) is 0 Å². The fraction of sp³-hybridized carbons (Fsp3) is 0.353. The molecule has 1 N–H and O–H groups in total. The van der Waals surface area contributed by atoms with Gasteiger partial charge in [0.2, 0.25) is 0 Å². The van der Waals surface area contributed by atoms with Crippen molar-refractivity contribution < 1.29 is 0 Å². The molecule has 1 atom stereocenters. The first kappa shape index (κ1) is 16.7. The van der Waals surface area contributed by atoms with E-state index in [1.54, 1.807) is 0 Å². The maximum atomic E-state index is 4.57. The zero-order valence-electron chi connectivity index (χ0n) is 12.2. The molecule has 1 heterocycles. The van der Waals surface area contributed by atoms with E-state index in [0.29, 0.717) is 6.04 Å². The third-order valence-corrected chi connectivity index (χ3v) is 4.49. The summed E-state index contributed by atoms with van der Waals surface area (Å²) in [5, 5.41) is 3.54. The first-order valence-electron chi connectivity index (χ1n) is 7.29. The van der Waals surface area contributed by atoms with Crippen LogP contribution in [0, 0.1) is 0 Å². The molecule has 0 fully saturated rings. The standard InChI is InChI=1S/C17H20Br2N2/c1-2-20-16(17-15(19)11-14(18)12-21-17)10-6-9-13-7-4-3-5-8-13/h3-5,7-8,11-12,16,20H,2,6,9-10H2,1H3. The van der Waals surface area contributed by atoms with Crippen LogP contribution in [0.15, 0.2) is 51.5 Å². The Morgan fingerprint density at radius 1 is 1.19 bits per heavy atom. The minimum Gasteiger partial charge on any atom is -0.309 e. The number of halogens is 2. The fourth-order valence-corrected chi connectivity index (χ4v) is 3.68. The fourth-order valence-electron chi connectivity index (χ4n) is 2.42. The lowest BCUT2D eigenvalue weighted by atomic mass is 10.0. The highest BCUT2D eigenvalue weighted by molar-refractivity contribution is 9.11. The van der Waals surface area contributed by atoms with E-state index in [-0.39, 0.29) is 0 Å². The van der Waals surface area contributed by atoms with E-state index in [2.05, 4.69) is 85.5 Å². The van der Waals surface area contributed by atoms with Crippen LogP contribution < -0.4 is 5.32 Å². The number of benzene rings is 1. The molecule has 2 nitrogen and oxygen atoms in total. The molecule has 0 aliphatic carbocycles. The molecule has 0 bridgehead atoms. The predicted octanol–water partition coefficient (Wildman–Crippen LogP) is 5.28. The Kier molecular flexibility index (Phi) is 6.87. The summed E-state index contributed by atoms with van der Waals surface area (Å²) < 4.78 is 2.06. The van der Waals surface area contributed by atoms with Gasteiger partial charge < -0.3 is 5.32 Å². The van der Waals surface area contributed by atoms with Crippen LogP contribution in [0.3, 0.4) is 0 Å². The minimum atomic E-state index is 0.293. The van der Waals surface area contributed by atoms with E-state index < -0.39 is 0 Å². The van der Waals surface area contributed by atoms with Crippen LogP contribution in [0.1, 0.15) is 37.1 Å². The normalized spacial score (nSPS) is 12.3. The van der Waals surface area contributed by atoms with Crippen molar-refractivity contribution in [2.24, 2.45) is 0 Å². The summed E-state index contributed by atoms with van der Waals surface area (Å²) in [6.45, 7) is 3.08. The lowest BCUT2D eigenvalue weighted by Gasteiger charge is -2.19. The molecule has 0 spiro atoms. The number of nitrogens with one attached hydrogen (secondary N) is 1. The third-order valence-electron chi connectivity index (χ3n) is 3.42. The number of hydrogen-bond donors (Lipinski definition) is 1. The van der Waals surface area contributed by atoms with Crippen LogP contribution in [0.25, 0.3) is 0 Å². The Hall–Kier alpha value is -0.710. The number of aromatic nitrogens is 1. The number of hydrogen-bond acceptors (Lipinski definition) is 2. The van der Waals surface area contributed by atoms with Crippen molar-refractivity contribution in [3.05, 3.63) is 62.8 Å². The molecule has 0 aliphatic heterocycles. The van der Waals surface area contributed by atoms with Crippen LogP contribution in [0.2, 0.25) is 0 Å². The molecule has 21 heavy (non-hydrogen) atoms. The smallest absolute Gasteiger partial charge is 0.0715 e. The first-order valence-corrected chi connectivity index (χ1v) is 8.87. The zero-order valence-corrected chi connectivity index (χ0v) is 15.3. The van der Waals surface area contributed by atoms with Gasteiger partial charge in [0.25, 0.3) is 0 Å². The molecule has 1 aromatic heterocycles. The van der Waals surface area contributed by atoms with E-state index in [0.717, 1.165) is 40.4 Å². The molecule has 2 rings (SSSR count). The van der Waals surface area contributed by atoms with E-state index in [1.807, 2.05) is 6.20 Å². The summed E-state index contributed by atoms with van der Waals surface area (Å²) in [4.78, 5) is 4.57. The summed E-state index contributed by atoms with van der Waals surface area (Å²) in [6.07, 6.45) is 5.19. The van der Waals surface area contributed by atoms with E-state index in [1.165, 1.54) is 5.56 Å². The van der Waals surface area contributed by atoms with E-state index >= 15 is 0 Å². The summed E-state index contributed by atoms with van der Waals surface area (Å²) in [7, 11) is 0. The van der Waals surface area contributed by atoms with Gasteiger partial charge >= 0.3 is 0 Å². The highest BCUT2D eigenvalue weighted by Gasteiger charge is 2.15.